The Morgan fingerprint density at radius 3 is 1.54 bits per heavy atom. The van der Waals surface area contributed by atoms with Gasteiger partial charge in [-0.2, -0.15) is 0 Å². The van der Waals surface area contributed by atoms with Gasteiger partial charge in [0.05, 0.1) is 0 Å². The Bertz CT molecular complexity index is 144. The molecule has 5 heteroatoms. The minimum absolute atomic E-state index is 0.00694. The van der Waals surface area contributed by atoms with Crippen molar-refractivity contribution in [1.29, 1.82) is 0 Å². The van der Waals surface area contributed by atoms with E-state index < -0.39 is 17.7 Å². The Kier molecular flexibility index (Phi) is 3.83. The molecule has 0 aliphatic heterocycles. The third-order valence-electron chi connectivity index (χ3n) is 1.69. The van der Waals surface area contributed by atoms with Gasteiger partial charge in [0.15, 0.2) is 0 Å². The Morgan fingerprint density at radius 2 is 1.46 bits per heavy atom. The van der Waals surface area contributed by atoms with Gasteiger partial charge in [0.2, 0.25) is 0 Å². The molecule has 5 nitrogen and oxygen atoms in total. The topological polar surface area (TPSA) is 90.0 Å². The first-order valence-corrected chi connectivity index (χ1v) is 4.21. The summed E-state index contributed by atoms with van der Waals surface area (Å²) in [5.74, 6) is 0. The average Bonchev–Trinajstić information content (AvgIpc) is 1.77. The molecule has 0 aliphatic rings. The molecule has 0 saturated heterocycles. The van der Waals surface area contributed by atoms with Crippen molar-refractivity contribution in [2.24, 2.45) is 5.73 Å². The molecule has 80 valence electrons. The second kappa shape index (κ2) is 3.89. The van der Waals surface area contributed by atoms with Gasteiger partial charge in [0.25, 0.3) is 0 Å². The number of hydrogen-bond donors (Lipinski definition) is 4. The molecule has 0 aromatic heterocycles. The van der Waals surface area contributed by atoms with Gasteiger partial charge in [-0.1, -0.05) is 0 Å². The second-order valence-electron chi connectivity index (χ2n) is 4.17. The highest BCUT2D eigenvalue weighted by atomic mass is 16.3. The van der Waals surface area contributed by atoms with E-state index >= 15 is 0 Å². The first-order chi connectivity index (χ1) is 5.55. The van der Waals surface area contributed by atoms with Gasteiger partial charge in [-0.05, 0) is 27.7 Å². The molecule has 0 spiro atoms. The van der Waals surface area contributed by atoms with Gasteiger partial charge in [-0.25, -0.2) is 4.90 Å². The summed E-state index contributed by atoms with van der Waals surface area (Å²) in [7, 11) is 0. The van der Waals surface area contributed by atoms with E-state index in [0.29, 0.717) is 0 Å². The number of rotatable bonds is 4. The number of aliphatic hydroxyl groups is 3. The maximum absolute atomic E-state index is 9.66. The van der Waals surface area contributed by atoms with Crippen molar-refractivity contribution in [2.75, 3.05) is 6.54 Å². The molecule has 1 unspecified atom stereocenters. The maximum atomic E-state index is 9.66. The summed E-state index contributed by atoms with van der Waals surface area (Å²) in [5, 5.41) is 28.3. The van der Waals surface area contributed by atoms with E-state index in [9.17, 15) is 10.2 Å². The lowest BCUT2D eigenvalue weighted by atomic mass is 10.1. The fourth-order valence-electron chi connectivity index (χ4n) is 1.30. The van der Waals surface area contributed by atoms with Gasteiger partial charge in [-0.3, -0.25) is 0 Å². The van der Waals surface area contributed by atoms with Gasteiger partial charge in [0.1, 0.15) is 17.7 Å². The van der Waals surface area contributed by atoms with E-state index in [1.807, 2.05) is 0 Å². The van der Waals surface area contributed by atoms with Crippen molar-refractivity contribution in [3.05, 3.63) is 0 Å². The molecule has 0 rings (SSSR count). The molecule has 0 aromatic carbocycles. The molecule has 0 radical (unpaired) electrons. The van der Waals surface area contributed by atoms with Crippen molar-refractivity contribution in [2.45, 2.75) is 45.4 Å². The largest absolute Gasteiger partial charge is 0.377 e. The van der Waals surface area contributed by atoms with Crippen LogP contribution in [-0.4, -0.2) is 44.4 Å². The SMILES string of the molecule is CC(C)(O)N(CC(N)O)C(C)(C)O. The third kappa shape index (κ3) is 4.54. The van der Waals surface area contributed by atoms with Crippen LogP contribution >= 0.6 is 0 Å². The van der Waals surface area contributed by atoms with Crippen LogP contribution in [0.2, 0.25) is 0 Å². The first-order valence-electron chi connectivity index (χ1n) is 4.21. The summed E-state index contributed by atoms with van der Waals surface area (Å²) in [6.45, 7) is 6.09. The number of nitrogens with zero attached hydrogens (tertiary/aromatic N) is 1. The van der Waals surface area contributed by atoms with Crippen LogP contribution in [0.1, 0.15) is 27.7 Å². The molecule has 0 saturated carbocycles. The quantitative estimate of drug-likeness (QED) is 0.430. The van der Waals surface area contributed by atoms with Crippen molar-refractivity contribution >= 4 is 0 Å². The van der Waals surface area contributed by atoms with E-state index in [1.165, 1.54) is 32.6 Å². The molecule has 13 heavy (non-hydrogen) atoms. The second-order valence-corrected chi connectivity index (χ2v) is 4.17. The van der Waals surface area contributed by atoms with Crippen LogP contribution in [0, 0.1) is 0 Å². The number of nitrogens with two attached hydrogens (primary N) is 1. The van der Waals surface area contributed by atoms with E-state index in [0.717, 1.165) is 0 Å². The van der Waals surface area contributed by atoms with Gasteiger partial charge in [-0.15, -0.1) is 0 Å². The van der Waals surface area contributed by atoms with Crippen LogP contribution in [0.5, 0.6) is 0 Å². The van der Waals surface area contributed by atoms with E-state index in [4.69, 9.17) is 10.8 Å². The fraction of sp³-hybridized carbons (Fsp3) is 1.00. The lowest BCUT2D eigenvalue weighted by molar-refractivity contribution is -0.208. The standard InChI is InChI=1S/C8H20N2O3/c1-7(2,12)10(5-6(9)11)8(3,4)13/h6,11-13H,5,9H2,1-4H3. The van der Waals surface area contributed by atoms with E-state index in [-0.39, 0.29) is 6.54 Å². The maximum Gasteiger partial charge on any atom is 0.115 e. The van der Waals surface area contributed by atoms with E-state index in [2.05, 4.69) is 0 Å². The number of hydrogen-bond acceptors (Lipinski definition) is 5. The Hall–Kier alpha value is -0.200. The van der Waals surface area contributed by atoms with Crippen molar-refractivity contribution in [3.63, 3.8) is 0 Å². The predicted molar refractivity (Wildman–Crippen MR) is 49.5 cm³/mol. The van der Waals surface area contributed by atoms with Crippen molar-refractivity contribution in [3.8, 4) is 0 Å². The summed E-state index contributed by atoms with van der Waals surface area (Å²) in [6.07, 6.45) is -1.09. The molecule has 0 aromatic rings. The minimum atomic E-state index is -1.22. The summed E-state index contributed by atoms with van der Waals surface area (Å²) >= 11 is 0. The summed E-state index contributed by atoms with van der Waals surface area (Å²) < 4.78 is 0. The molecular weight excluding hydrogens is 172 g/mol. The summed E-state index contributed by atoms with van der Waals surface area (Å²) in [6, 6.07) is 0. The molecule has 0 aliphatic carbocycles. The smallest absolute Gasteiger partial charge is 0.115 e. The first kappa shape index (κ1) is 12.8. The molecule has 0 fully saturated rings. The Morgan fingerprint density at radius 1 is 1.15 bits per heavy atom. The molecule has 0 heterocycles. The fourth-order valence-corrected chi connectivity index (χ4v) is 1.30. The molecule has 0 amide bonds. The zero-order valence-corrected chi connectivity index (χ0v) is 8.65. The highest BCUT2D eigenvalue weighted by molar-refractivity contribution is 4.79. The van der Waals surface area contributed by atoms with Gasteiger partial charge >= 0.3 is 0 Å². The number of aliphatic hydroxyl groups excluding tert-OH is 1. The van der Waals surface area contributed by atoms with Crippen molar-refractivity contribution < 1.29 is 15.3 Å². The molecule has 5 N–H and O–H groups in total. The minimum Gasteiger partial charge on any atom is -0.377 e. The summed E-state index contributed by atoms with van der Waals surface area (Å²) in [5.41, 5.74) is 2.73. The highest BCUT2D eigenvalue weighted by Crippen LogP contribution is 2.20. The zero-order chi connectivity index (χ0) is 10.9. The van der Waals surface area contributed by atoms with E-state index in [1.54, 1.807) is 0 Å². The summed E-state index contributed by atoms with van der Waals surface area (Å²) in [4.78, 5) is 1.31. The lowest BCUT2D eigenvalue weighted by Crippen LogP contribution is -2.58. The van der Waals surface area contributed by atoms with Crippen LogP contribution in [-0.2, 0) is 0 Å². The van der Waals surface area contributed by atoms with Crippen LogP contribution < -0.4 is 5.73 Å². The van der Waals surface area contributed by atoms with Crippen LogP contribution in [0.25, 0.3) is 0 Å². The molecular formula is C8H20N2O3. The molecule has 0 bridgehead atoms. The van der Waals surface area contributed by atoms with Crippen LogP contribution in [0.4, 0.5) is 0 Å². The van der Waals surface area contributed by atoms with Gasteiger partial charge in [0, 0.05) is 6.54 Å². The van der Waals surface area contributed by atoms with Crippen LogP contribution in [0.15, 0.2) is 0 Å². The zero-order valence-electron chi connectivity index (χ0n) is 8.65. The average molecular weight is 192 g/mol. The Labute approximate surface area is 78.8 Å². The Balaban J connectivity index is 4.58. The van der Waals surface area contributed by atoms with Crippen molar-refractivity contribution in [1.82, 2.24) is 4.90 Å². The highest BCUT2D eigenvalue weighted by Gasteiger charge is 2.35. The third-order valence-corrected chi connectivity index (χ3v) is 1.69. The predicted octanol–water partition coefficient (Wildman–Crippen LogP) is -0.978. The molecule has 1 atom stereocenters. The normalized spacial score (nSPS) is 16.4. The van der Waals surface area contributed by atoms with Crippen LogP contribution in [0.3, 0.4) is 0 Å². The monoisotopic (exact) mass is 192 g/mol. The lowest BCUT2D eigenvalue weighted by Gasteiger charge is -2.42. The van der Waals surface area contributed by atoms with Gasteiger partial charge < -0.3 is 21.1 Å².